The molecule has 0 aliphatic carbocycles. The monoisotopic (exact) mass is 338 g/mol. The van der Waals surface area contributed by atoms with E-state index < -0.39 is 5.60 Å². The highest BCUT2D eigenvalue weighted by atomic mass is 35.5. The van der Waals surface area contributed by atoms with Crippen molar-refractivity contribution < 1.29 is 9.53 Å². The quantitative estimate of drug-likeness (QED) is 0.899. The molecule has 1 heterocycles. The Hall–Kier alpha value is -1.26. The first-order chi connectivity index (χ1) is 10.8. The second-order valence-corrected chi connectivity index (χ2v) is 7.54. The van der Waals surface area contributed by atoms with Crippen LogP contribution in [-0.2, 0) is 11.3 Å². The molecular weight excluding hydrogens is 312 g/mol. The molecular formula is C18H27ClN2O2. The highest BCUT2D eigenvalue weighted by Crippen LogP contribution is 2.20. The van der Waals surface area contributed by atoms with Crippen LogP contribution in [0.4, 0.5) is 4.79 Å². The standard InChI is InChI=1S/C18H27ClN2O2/c1-18(2,3)23-17(22)21-10-8-14(9-11-21)12-20-13-15-6-4-5-7-16(15)19/h4-7,14,20H,8-13H2,1-3H3. The summed E-state index contributed by atoms with van der Waals surface area (Å²) in [5.74, 6) is 0.594. The van der Waals surface area contributed by atoms with Crippen molar-refractivity contribution in [1.82, 2.24) is 10.2 Å². The van der Waals surface area contributed by atoms with Gasteiger partial charge in [-0.1, -0.05) is 29.8 Å². The van der Waals surface area contributed by atoms with E-state index in [4.69, 9.17) is 16.3 Å². The zero-order valence-corrected chi connectivity index (χ0v) is 15.0. The molecule has 0 spiro atoms. The largest absolute Gasteiger partial charge is 0.444 e. The molecule has 0 atom stereocenters. The van der Waals surface area contributed by atoms with Gasteiger partial charge in [0.05, 0.1) is 0 Å². The van der Waals surface area contributed by atoms with Crippen LogP contribution >= 0.6 is 11.6 Å². The van der Waals surface area contributed by atoms with Crippen LogP contribution in [-0.4, -0.2) is 36.2 Å². The van der Waals surface area contributed by atoms with E-state index in [0.29, 0.717) is 5.92 Å². The van der Waals surface area contributed by atoms with Gasteiger partial charge in [0.1, 0.15) is 5.60 Å². The number of amides is 1. The van der Waals surface area contributed by atoms with Gasteiger partial charge in [0, 0.05) is 24.7 Å². The van der Waals surface area contributed by atoms with Crippen molar-refractivity contribution in [3.8, 4) is 0 Å². The maximum atomic E-state index is 12.0. The number of hydrogen-bond donors (Lipinski definition) is 1. The Morgan fingerprint density at radius 2 is 1.96 bits per heavy atom. The number of piperidine rings is 1. The number of rotatable bonds is 4. The Morgan fingerprint density at radius 1 is 1.30 bits per heavy atom. The molecule has 128 valence electrons. The van der Waals surface area contributed by atoms with E-state index in [1.165, 1.54) is 0 Å². The van der Waals surface area contributed by atoms with Crippen LogP contribution in [0.3, 0.4) is 0 Å². The maximum Gasteiger partial charge on any atom is 0.410 e. The van der Waals surface area contributed by atoms with Crippen molar-refractivity contribution in [1.29, 1.82) is 0 Å². The summed E-state index contributed by atoms with van der Waals surface area (Å²) in [4.78, 5) is 13.8. The van der Waals surface area contributed by atoms with Gasteiger partial charge in [-0.25, -0.2) is 4.79 Å². The number of nitrogens with one attached hydrogen (secondary N) is 1. The number of likely N-dealkylation sites (tertiary alicyclic amines) is 1. The fraction of sp³-hybridized carbons (Fsp3) is 0.611. The van der Waals surface area contributed by atoms with E-state index in [0.717, 1.165) is 49.6 Å². The number of halogens is 1. The maximum absolute atomic E-state index is 12.0. The Balaban J connectivity index is 1.69. The zero-order chi connectivity index (χ0) is 16.9. The lowest BCUT2D eigenvalue weighted by molar-refractivity contribution is 0.0184. The third-order valence-corrected chi connectivity index (χ3v) is 4.34. The molecule has 1 aliphatic rings. The third-order valence-electron chi connectivity index (χ3n) is 3.97. The van der Waals surface area contributed by atoms with Gasteiger partial charge in [0.15, 0.2) is 0 Å². The molecule has 5 heteroatoms. The summed E-state index contributed by atoms with van der Waals surface area (Å²) in [5.41, 5.74) is 0.699. The molecule has 0 saturated carbocycles. The van der Waals surface area contributed by atoms with E-state index in [1.54, 1.807) is 0 Å². The van der Waals surface area contributed by atoms with Gasteiger partial charge in [0.2, 0.25) is 0 Å². The van der Waals surface area contributed by atoms with E-state index in [1.807, 2.05) is 49.9 Å². The summed E-state index contributed by atoms with van der Waals surface area (Å²) >= 11 is 6.15. The van der Waals surface area contributed by atoms with Gasteiger partial charge < -0.3 is 15.0 Å². The summed E-state index contributed by atoms with van der Waals surface area (Å²) in [5, 5.41) is 4.28. The highest BCUT2D eigenvalue weighted by molar-refractivity contribution is 6.31. The Bertz CT molecular complexity index is 520. The van der Waals surface area contributed by atoms with Crippen molar-refractivity contribution in [3.05, 3.63) is 34.9 Å². The molecule has 2 rings (SSSR count). The Morgan fingerprint density at radius 3 is 2.57 bits per heavy atom. The third kappa shape index (κ3) is 6.04. The summed E-state index contributed by atoms with van der Waals surface area (Å²) in [6.45, 7) is 8.98. The van der Waals surface area contributed by atoms with Gasteiger partial charge in [0.25, 0.3) is 0 Å². The smallest absolute Gasteiger partial charge is 0.410 e. The SMILES string of the molecule is CC(C)(C)OC(=O)N1CCC(CNCc2ccccc2Cl)CC1. The molecule has 1 aromatic carbocycles. The van der Waals surface area contributed by atoms with Crippen molar-refractivity contribution in [2.45, 2.75) is 45.8 Å². The molecule has 1 aromatic rings. The molecule has 1 amide bonds. The lowest BCUT2D eigenvalue weighted by atomic mass is 9.97. The number of carbonyl (C=O) groups is 1. The fourth-order valence-electron chi connectivity index (χ4n) is 2.70. The fourth-order valence-corrected chi connectivity index (χ4v) is 2.90. The first-order valence-electron chi connectivity index (χ1n) is 8.27. The van der Waals surface area contributed by atoms with Crippen LogP contribution in [0.2, 0.25) is 5.02 Å². The van der Waals surface area contributed by atoms with Gasteiger partial charge in [-0.15, -0.1) is 0 Å². The van der Waals surface area contributed by atoms with Crippen molar-refractivity contribution in [2.24, 2.45) is 5.92 Å². The van der Waals surface area contributed by atoms with Crippen LogP contribution in [0, 0.1) is 5.92 Å². The predicted octanol–water partition coefficient (Wildman–Crippen LogP) is 4.08. The summed E-state index contributed by atoms with van der Waals surface area (Å²) in [6.07, 6.45) is 1.82. The van der Waals surface area contributed by atoms with Gasteiger partial charge >= 0.3 is 6.09 Å². The highest BCUT2D eigenvalue weighted by Gasteiger charge is 2.26. The minimum atomic E-state index is -0.426. The number of nitrogens with zero attached hydrogens (tertiary/aromatic N) is 1. The average Bonchev–Trinajstić information content (AvgIpc) is 2.48. The molecule has 0 unspecified atom stereocenters. The minimum Gasteiger partial charge on any atom is -0.444 e. The first kappa shape index (κ1) is 18.1. The lowest BCUT2D eigenvalue weighted by Gasteiger charge is -2.33. The van der Waals surface area contributed by atoms with Crippen LogP contribution in [0.25, 0.3) is 0 Å². The van der Waals surface area contributed by atoms with Crippen LogP contribution in [0.15, 0.2) is 24.3 Å². The number of carbonyl (C=O) groups excluding carboxylic acids is 1. The summed E-state index contributed by atoms with van der Waals surface area (Å²) < 4.78 is 5.42. The van der Waals surface area contributed by atoms with Crippen LogP contribution in [0.1, 0.15) is 39.2 Å². The molecule has 0 bridgehead atoms. The van der Waals surface area contributed by atoms with Crippen molar-refractivity contribution in [3.63, 3.8) is 0 Å². The number of ether oxygens (including phenoxy) is 1. The molecule has 1 N–H and O–H groups in total. The number of hydrogen-bond acceptors (Lipinski definition) is 3. The van der Waals surface area contributed by atoms with E-state index in [9.17, 15) is 4.79 Å². The van der Waals surface area contributed by atoms with Gasteiger partial charge in [-0.05, 0) is 57.7 Å². The van der Waals surface area contributed by atoms with E-state index >= 15 is 0 Å². The minimum absolute atomic E-state index is 0.194. The molecule has 1 fully saturated rings. The average molecular weight is 339 g/mol. The zero-order valence-electron chi connectivity index (χ0n) is 14.3. The van der Waals surface area contributed by atoms with Gasteiger partial charge in [-0.3, -0.25) is 0 Å². The second-order valence-electron chi connectivity index (χ2n) is 7.13. The molecule has 23 heavy (non-hydrogen) atoms. The van der Waals surface area contributed by atoms with Crippen LogP contribution in [0.5, 0.6) is 0 Å². The Labute approximate surface area is 144 Å². The Kier molecular flexibility index (Phi) is 6.31. The predicted molar refractivity (Wildman–Crippen MR) is 93.7 cm³/mol. The van der Waals surface area contributed by atoms with Crippen LogP contribution < -0.4 is 5.32 Å². The molecule has 0 aromatic heterocycles. The number of benzene rings is 1. The van der Waals surface area contributed by atoms with E-state index in [2.05, 4.69) is 5.32 Å². The normalized spacial score (nSPS) is 16.4. The molecule has 0 radical (unpaired) electrons. The molecule has 4 nitrogen and oxygen atoms in total. The van der Waals surface area contributed by atoms with E-state index in [-0.39, 0.29) is 6.09 Å². The molecule has 1 saturated heterocycles. The topological polar surface area (TPSA) is 41.6 Å². The summed E-state index contributed by atoms with van der Waals surface area (Å²) in [6, 6.07) is 7.90. The first-order valence-corrected chi connectivity index (χ1v) is 8.65. The second kappa shape index (κ2) is 8.02. The van der Waals surface area contributed by atoms with Crippen molar-refractivity contribution >= 4 is 17.7 Å². The van der Waals surface area contributed by atoms with Gasteiger partial charge in [-0.2, -0.15) is 0 Å². The molecule has 1 aliphatic heterocycles. The van der Waals surface area contributed by atoms with Crippen molar-refractivity contribution in [2.75, 3.05) is 19.6 Å². The lowest BCUT2D eigenvalue weighted by Crippen LogP contribution is -2.43. The summed E-state index contributed by atoms with van der Waals surface area (Å²) in [7, 11) is 0.